The second kappa shape index (κ2) is 6.40. The first-order valence-electron chi connectivity index (χ1n) is 4.85. The topological polar surface area (TPSA) is 78.1 Å². The summed E-state index contributed by atoms with van der Waals surface area (Å²) >= 11 is 0. The molecule has 0 rings (SSSR count). The molecular weight excluding hydrogens is 150 g/mol. The van der Waals surface area contributed by atoms with Crippen LogP contribution in [0.15, 0.2) is 0 Å². The maximum absolute atomic E-state index is 5.72. The molecule has 0 aliphatic heterocycles. The first-order valence-corrected chi connectivity index (χ1v) is 4.85. The van der Waals surface area contributed by atoms with Gasteiger partial charge < -0.3 is 17.2 Å². The molecule has 0 unspecified atom stereocenters. The molecule has 0 aliphatic rings. The summed E-state index contributed by atoms with van der Waals surface area (Å²) in [6.45, 7) is 4.29. The lowest BCUT2D eigenvalue weighted by Gasteiger charge is -2.30. The summed E-state index contributed by atoms with van der Waals surface area (Å²) in [5, 5.41) is 0. The Balaban J connectivity index is 3.95. The van der Waals surface area contributed by atoms with Gasteiger partial charge in [0.15, 0.2) is 0 Å². The van der Waals surface area contributed by atoms with Crippen LogP contribution in [0.5, 0.6) is 0 Å². The van der Waals surface area contributed by atoms with Crippen LogP contribution in [0, 0.1) is 5.41 Å². The number of rotatable bonds is 7. The fourth-order valence-corrected chi connectivity index (χ4v) is 1.62. The van der Waals surface area contributed by atoms with Gasteiger partial charge in [0.2, 0.25) is 0 Å². The maximum Gasteiger partial charge on any atom is -0.000843 e. The molecule has 0 aromatic carbocycles. The van der Waals surface area contributed by atoms with Crippen LogP contribution in [0.1, 0.15) is 32.6 Å². The van der Waals surface area contributed by atoms with Crippen LogP contribution in [-0.4, -0.2) is 19.6 Å². The van der Waals surface area contributed by atoms with E-state index in [0.717, 1.165) is 32.2 Å². The van der Waals surface area contributed by atoms with E-state index in [-0.39, 0.29) is 5.41 Å². The average Bonchev–Trinajstić information content (AvgIpc) is 2.13. The van der Waals surface area contributed by atoms with Gasteiger partial charge in [-0.25, -0.2) is 0 Å². The van der Waals surface area contributed by atoms with Gasteiger partial charge in [-0.05, 0) is 44.3 Å². The van der Waals surface area contributed by atoms with Crippen molar-refractivity contribution in [3.05, 3.63) is 0 Å². The minimum atomic E-state index is 0.161. The van der Waals surface area contributed by atoms with Gasteiger partial charge in [0, 0.05) is 0 Å². The van der Waals surface area contributed by atoms with Crippen molar-refractivity contribution >= 4 is 0 Å². The first-order chi connectivity index (χ1) is 5.74. The summed E-state index contributed by atoms with van der Waals surface area (Å²) in [5.74, 6) is 0. The third-order valence-corrected chi connectivity index (χ3v) is 2.56. The molecule has 0 aromatic rings. The Hall–Kier alpha value is -0.120. The van der Waals surface area contributed by atoms with E-state index in [9.17, 15) is 0 Å². The van der Waals surface area contributed by atoms with Crippen LogP contribution in [0.25, 0.3) is 0 Å². The highest BCUT2D eigenvalue weighted by molar-refractivity contribution is 4.80. The molecule has 0 aliphatic carbocycles. The Labute approximate surface area is 75.7 Å². The molecule has 0 aromatic heterocycles. The zero-order valence-electron chi connectivity index (χ0n) is 8.18. The molecular formula is C9H23N3. The van der Waals surface area contributed by atoms with Crippen molar-refractivity contribution in [3.63, 3.8) is 0 Å². The van der Waals surface area contributed by atoms with Crippen LogP contribution in [0.2, 0.25) is 0 Å². The fraction of sp³-hybridized carbons (Fsp3) is 1.00. The largest absolute Gasteiger partial charge is 0.330 e. The van der Waals surface area contributed by atoms with Crippen molar-refractivity contribution in [2.24, 2.45) is 22.6 Å². The van der Waals surface area contributed by atoms with E-state index in [1.165, 1.54) is 0 Å². The Morgan fingerprint density at radius 2 is 1.58 bits per heavy atom. The smallest absolute Gasteiger partial charge is 0.000843 e. The second-order valence-corrected chi connectivity index (χ2v) is 3.55. The molecule has 6 N–H and O–H groups in total. The van der Waals surface area contributed by atoms with Gasteiger partial charge in [0.25, 0.3) is 0 Å². The summed E-state index contributed by atoms with van der Waals surface area (Å²) in [6, 6.07) is 0. The zero-order chi connectivity index (χ0) is 9.45. The molecule has 0 radical (unpaired) electrons. The van der Waals surface area contributed by atoms with E-state index < -0.39 is 0 Å². The highest BCUT2D eigenvalue weighted by Gasteiger charge is 2.24. The first kappa shape index (κ1) is 11.9. The van der Waals surface area contributed by atoms with Gasteiger partial charge in [-0.3, -0.25) is 0 Å². The van der Waals surface area contributed by atoms with Gasteiger partial charge in [-0.2, -0.15) is 0 Å². The molecule has 0 fully saturated rings. The van der Waals surface area contributed by atoms with Crippen molar-refractivity contribution in [3.8, 4) is 0 Å². The Morgan fingerprint density at radius 1 is 1.00 bits per heavy atom. The van der Waals surface area contributed by atoms with E-state index in [0.29, 0.717) is 13.1 Å². The van der Waals surface area contributed by atoms with E-state index in [1.807, 2.05) is 0 Å². The van der Waals surface area contributed by atoms with Crippen LogP contribution in [0.4, 0.5) is 0 Å². The molecule has 3 heteroatoms. The lowest BCUT2D eigenvalue weighted by atomic mass is 9.79. The predicted octanol–water partition coefficient (Wildman–Crippen LogP) is 0.429. The molecule has 0 bridgehead atoms. The second-order valence-electron chi connectivity index (χ2n) is 3.55. The fourth-order valence-electron chi connectivity index (χ4n) is 1.62. The lowest BCUT2D eigenvalue weighted by Crippen LogP contribution is -2.38. The Morgan fingerprint density at radius 3 is 1.92 bits per heavy atom. The van der Waals surface area contributed by atoms with Gasteiger partial charge >= 0.3 is 0 Å². The van der Waals surface area contributed by atoms with Crippen molar-refractivity contribution in [1.29, 1.82) is 0 Å². The molecule has 0 saturated heterocycles. The van der Waals surface area contributed by atoms with Crippen LogP contribution in [-0.2, 0) is 0 Å². The standard InChI is InChI=1S/C9H23N3/c1-2-4-9(7-11,8-12)5-3-6-10/h2-8,10-12H2,1H3. The molecule has 12 heavy (non-hydrogen) atoms. The minimum absolute atomic E-state index is 0.161. The van der Waals surface area contributed by atoms with Gasteiger partial charge in [-0.1, -0.05) is 13.3 Å². The molecule has 74 valence electrons. The molecule has 0 spiro atoms. The van der Waals surface area contributed by atoms with Crippen LogP contribution >= 0.6 is 0 Å². The van der Waals surface area contributed by atoms with E-state index in [1.54, 1.807) is 0 Å². The van der Waals surface area contributed by atoms with Crippen molar-refractivity contribution < 1.29 is 0 Å². The van der Waals surface area contributed by atoms with Crippen molar-refractivity contribution in [2.75, 3.05) is 19.6 Å². The Kier molecular flexibility index (Phi) is 6.34. The minimum Gasteiger partial charge on any atom is -0.330 e. The van der Waals surface area contributed by atoms with E-state index in [2.05, 4.69) is 6.92 Å². The molecule has 0 heterocycles. The number of nitrogens with two attached hydrogens (primary N) is 3. The molecule has 0 atom stereocenters. The third kappa shape index (κ3) is 3.52. The highest BCUT2D eigenvalue weighted by atomic mass is 14.7. The summed E-state index contributed by atoms with van der Waals surface area (Å²) in [6.07, 6.45) is 4.39. The molecule has 3 nitrogen and oxygen atoms in total. The summed E-state index contributed by atoms with van der Waals surface area (Å²) < 4.78 is 0. The predicted molar refractivity (Wildman–Crippen MR) is 53.7 cm³/mol. The third-order valence-electron chi connectivity index (χ3n) is 2.56. The monoisotopic (exact) mass is 173 g/mol. The van der Waals surface area contributed by atoms with E-state index in [4.69, 9.17) is 17.2 Å². The Bertz CT molecular complexity index is 99.9. The lowest BCUT2D eigenvalue weighted by molar-refractivity contribution is 0.253. The summed E-state index contributed by atoms with van der Waals surface area (Å²) in [7, 11) is 0. The van der Waals surface area contributed by atoms with Crippen molar-refractivity contribution in [1.82, 2.24) is 0 Å². The van der Waals surface area contributed by atoms with Gasteiger partial charge in [0.05, 0.1) is 0 Å². The zero-order valence-corrected chi connectivity index (χ0v) is 8.18. The van der Waals surface area contributed by atoms with Crippen molar-refractivity contribution in [2.45, 2.75) is 32.6 Å². The number of hydrogen-bond acceptors (Lipinski definition) is 3. The van der Waals surface area contributed by atoms with Gasteiger partial charge in [0.1, 0.15) is 0 Å². The quantitative estimate of drug-likeness (QED) is 0.522. The molecule has 0 amide bonds. The van der Waals surface area contributed by atoms with E-state index >= 15 is 0 Å². The normalized spacial score (nSPS) is 12.0. The van der Waals surface area contributed by atoms with Crippen LogP contribution < -0.4 is 17.2 Å². The highest BCUT2D eigenvalue weighted by Crippen LogP contribution is 2.26. The average molecular weight is 173 g/mol. The SMILES string of the molecule is CCCC(CN)(CN)CCCN. The van der Waals surface area contributed by atoms with Gasteiger partial charge in [-0.15, -0.1) is 0 Å². The molecule has 0 saturated carbocycles. The van der Waals surface area contributed by atoms with Crippen LogP contribution in [0.3, 0.4) is 0 Å². The number of hydrogen-bond donors (Lipinski definition) is 3. The maximum atomic E-state index is 5.72. The summed E-state index contributed by atoms with van der Waals surface area (Å²) in [4.78, 5) is 0. The summed E-state index contributed by atoms with van der Waals surface area (Å²) in [5.41, 5.74) is 17.1.